The molecule has 1 aliphatic heterocycles. The first-order valence-electron chi connectivity index (χ1n) is 10.1. The van der Waals surface area contributed by atoms with Crippen LogP contribution in [0, 0.1) is 17.0 Å². The highest BCUT2D eigenvalue weighted by Crippen LogP contribution is 2.31. The SMILES string of the molecule is Cc1ccc(NC(=O)CN2C(=O)NC(C)(c3ccc(C(C)(C)C)cc3)C2=O)cc1[N+](=O)[O-]. The smallest absolute Gasteiger partial charge is 0.324 e. The van der Waals surface area contributed by atoms with E-state index in [2.05, 4.69) is 31.4 Å². The van der Waals surface area contributed by atoms with Crippen LogP contribution in [0.15, 0.2) is 42.5 Å². The maximum absolute atomic E-state index is 13.1. The summed E-state index contributed by atoms with van der Waals surface area (Å²) in [6, 6.07) is 11.0. The van der Waals surface area contributed by atoms with E-state index >= 15 is 0 Å². The molecule has 0 aliphatic carbocycles. The van der Waals surface area contributed by atoms with Crippen molar-refractivity contribution in [3.8, 4) is 0 Å². The Labute approximate surface area is 185 Å². The molecule has 0 radical (unpaired) electrons. The summed E-state index contributed by atoms with van der Waals surface area (Å²) in [7, 11) is 0. The number of carbonyl (C=O) groups is 3. The number of nitro groups is 1. The Balaban J connectivity index is 1.75. The molecule has 0 aromatic heterocycles. The minimum atomic E-state index is -1.30. The molecule has 1 heterocycles. The van der Waals surface area contributed by atoms with Crippen LogP contribution < -0.4 is 10.6 Å². The first kappa shape index (κ1) is 22.9. The first-order valence-corrected chi connectivity index (χ1v) is 10.1. The Morgan fingerprint density at radius 2 is 1.78 bits per heavy atom. The first-order chi connectivity index (χ1) is 14.8. The molecule has 0 saturated carbocycles. The standard InChI is InChI=1S/C23H26N4O5/c1-14-6-11-17(12-18(14)27(31)32)24-19(28)13-26-20(29)23(5,25-21(26)30)16-9-7-15(8-10-16)22(2,3)4/h6-12H,13H2,1-5H3,(H,24,28)(H,25,30). The number of hydrogen-bond donors (Lipinski definition) is 2. The van der Waals surface area contributed by atoms with Gasteiger partial charge >= 0.3 is 6.03 Å². The highest BCUT2D eigenvalue weighted by atomic mass is 16.6. The maximum atomic E-state index is 13.1. The van der Waals surface area contributed by atoms with Crippen LogP contribution in [0.3, 0.4) is 0 Å². The van der Waals surface area contributed by atoms with E-state index in [0.717, 1.165) is 10.5 Å². The lowest BCUT2D eigenvalue weighted by Crippen LogP contribution is -2.42. The fourth-order valence-corrected chi connectivity index (χ4v) is 3.57. The van der Waals surface area contributed by atoms with Crippen LogP contribution >= 0.6 is 0 Å². The Morgan fingerprint density at radius 1 is 1.16 bits per heavy atom. The van der Waals surface area contributed by atoms with Gasteiger partial charge in [-0.15, -0.1) is 0 Å². The number of urea groups is 1. The van der Waals surface area contributed by atoms with Crippen molar-refractivity contribution >= 4 is 29.2 Å². The molecule has 32 heavy (non-hydrogen) atoms. The van der Waals surface area contributed by atoms with Gasteiger partial charge in [-0.05, 0) is 36.5 Å². The summed E-state index contributed by atoms with van der Waals surface area (Å²) in [6.45, 7) is 8.91. The predicted molar refractivity (Wildman–Crippen MR) is 119 cm³/mol. The topological polar surface area (TPSA) is 122 Å². The van der Waals surface area contributed by atoms with Gasteiger partial charge in [0.1, 0.15) is 12.1 Å². The van der Waals surface area contributed by atoms with Crippen molar-refractivity contribution in [1.29, 1.82) is 0 Å². The van der Waals surface area contributed by atoms with Crippen molar-refractivity contribution in [2.45, 2.75) is 45.6 Å². The summed E-state index contributed by atoms with van der Waals surface area (Å²) < 4.78 is 0. The van der Waals surface area contributed by atoms with E-state index in [9.17, 15) is 24.5 Å². The minimum Gasteiger partial charge on any atom is -0.324 e. The number of anilines is 1. The lowest BCUT2D eigenvalue weighted by atomic mass is 9.84. The van der Waals surface area contributed by atoms with Crippen molar-refractivity contribution in [2.75, 3.05) is 11.9 Å². The molecule has 168 valence electrons. The predicted octanol–water partition coefficient (Wildman–Crippen LogP) is 3.61. The van der Waals surface area contributed by atoms with E-state index in [4.69, 9.17) is 0 Å². The zero-order chi connectivity index (χ0) is 23.8. The van der Waals surface area contributed by atoms with Crippen LogP contribution in [0.25, 0.3) is 0 Å². The molecule has 1 unspecified atom stereocenters. The van der Waals surface area contributed by atoms with E-state index < -0.39 is 34.9 Å². The molecule has 9 nitrogen and oxygen atoms in total. The van der Waals surface area contributed by atoms with Crippen molar-refractivity contribution < 1.29 is 19.3 Å². The van der Waals surface area contributed by atoms with E-state index in [1.807, 2.05) is 12.1 Å². The summed E-state index contributed by atoms with van der Waals surface area (Å²) in [5.74, 6) is -1.19. The maximum Gasteiger partial charge on any atom is 0.325 e. The molecule has 9 heteroatoms. The Hall–Kier alpha value is -3.75. The summed E-state index contributed by atoms with van der Waals surface area (Å²) in [4.78, 5) is 49.4. The van der Waals surface area contributed by atoms with Gasteiger partial charge in [0.05, 0.1) is 4.92 Å². The number of carbonyl (C=O) groups excluding carboxylic acids is 3. The molecule has 1 saturated heterocycles. The van der Waals surface area contributed by atoms with Crippen LogP contribution in [0.4, 0.5) is 16.2 Å². The van der Waals surface area contributed by atoms with Gasteiger partial charge < -0.3 is 10.6 Å². The van der Waals surface area contributed by atoms with Crippen molar-refractivity contribution in [3.05, 3.63) is 69.3 Å². The fraction of sp³-hybridized carbons (Fsp3) is 0.348. The average molecular weight is 438 g/mol. The third-order valence-corrected chi connectivity index (χ3v) is 5.59. The number of imide groups is 1. The second-order valence-corrected chi connectivity index (χ2v) is 9.08. The van der Waals surface area contributed by atoms with Crippen LogP contribution in [0.2, 0.25) is 0 Å². The molecule has 1 fully saturated rings. The molecule has 1 atom stereocenters. The van der Waals surface area contributed by atoms with Crippen LogP contribution in [0.1, 0.15) is 44.4 Å². The monoisotopic (exact) mass is 438 g/mol. The number of benzene rings is 2. The Bertz CT molecular complexity index is 1100. The quantitative estimate of drug-likeness (QED) is 0.420. The highest BCUT2D eigenvalue weighted by molar-refractivity contribution is 6.10. The van der Waals surface area contributed by atoms with Crippen LogP contribution in [-0.4, -0.2) is 34.2 Å². The van der Waals surface area contributed by atoms with Gasteiger partial charge in [-0.3, -0.25) is 24.6 Å². The van der Waals surface area contributed by atoms with Gasteiger partial charge in [-0.1, -0.05) is 51.1 Å². The number of nitro benzene ring substituents is 1. The fourth-order valence-electron chi connectivity index (χ4n) is 3.57. The van der Waals surface area contributed by atoms with E-state index in [1.54, 1.807) is 26.0 Å². The number of nitrogens with zero attached hydrogens (tertiary/aromatic N) is 2. The number of amides is 4. The molecule has 4 amide bonds. The van der Waals surface area contributed by atoms with Gasteiger partial charge in [0.2, 0.25) is 5.91 Å². The molecular weight excluding hydrogens is 412 g/mol. The molecule has 0 spiro atoms. The van der Waals surface area contributed by atoms with E-state index in [0.29, 0.717) is 11.1 Å². The van der Waals surface area contributed by atoms with Crippen molar-refractivity contribution in [2.24, 2.45) is 0 Å². The largest absolute Gasteiger partial charge is 0.325 e. The molecule has 0 bridgehead atoms. The Morgan fingerprint density at radius 3 is 2.34 bits per heavy atom. The van der Waals surface area contributed by atoms with E-state index in [1.165, 1.54) is 18.2 Å². The van der Waals surface area contributed by atoms with Gasteiger partial charge in [0.25, 0.3) is 11.6 Å². The average Bonchev–Trinajstić information content (AvgIpc) is 2.92. The third-order valence-electron chi connectivity index (χ3n) is 5.59. The number of aryl methyl sites for hydroxylation is 1. The summed E-state index contributed by atoms with van der Waals surface area (Å²) >= 11 is 0. The van der Waals surface area contributed by atoms with Gasteiger partial charge in [0.15, 0.2) is 0 Å². The summed E-state index contributed by atoms with van der Waals surface area (Å²) in [5, 5.41) is 16.3. The molecular formula is C23H26N4O5. The van der Waals surface area contributed by atoms with E-state index in [-0.39, 0.29) is 16.8 Å². The number of rotatable bonds is 5. The van der Waals surface area contributed by atoms with Gasteiger partial charge in [-0.25, -0.2) is 4.79 Å². The summed E-state index contributed by atoms with van der Waals surface area (Å²) in [6.07, 6.45) is 0. The lowest BCUT2D eigenvalue weighted by molar-refractivity contribution is -0.385. The normalized spacial score (nSPS) is 18.5. The second-order valence-electron chi connectivity index (χ2n) is 9.08. The molecule has 2 aromatic carbocycles. The van der Waals surface area contributed by atoms with Gasteiger partial charge in [-0.2, -0.15) is 0 Å². The highest BCUT2D eigenvalue weighted by Gasteiger charge is 2.49. The number of hydrogen-bond acceptors (Lipinski definition) is 5. The second kappa shape index (κ2) is 8.07. The lowest BCUT2D eigenvalue weighted by Gasteiger charge is -2.24. The minimum absolute atomic E-state index is 0.0580. The van der Waals surface area contributed by atoms with Crippen LogP contribution in [0.5, 0.6) is 0 Å². The summed E-state index contributed by atoms with van der Waals surface area (Å²) in [5.41, 5.74) is 0.874. The zero-order valence-electron chi connectivity index (χ0n) is 18.7. The molecule has 1 aliphatic rings. The van der Waals surface area contributed by atoms with Crippen molar-refractivity contribution in [3.63, 3.8) is 0 Å². The number of nitrogens with one attached hydrogen (secondary N) is 2. The van der Waals surface area contributed by atoms with Gasteiger partial charge in [0, 0.05) is 17.3 Å². The Kier molecular flexibility index (Phi) is 5.78. The van der Waals surface area contributed by atoms with Crippen LogP contribution in [-0.2, 0) is 20.5 Å². The molecule has 2 aromatic rings. The zero-order valence-corrected chi connectivity index (χ0v) is 18.7. The van der Waals surface area contributed by atoms with Crippen molar-refractivity contribution in [1.82, 2.24) is 10.2 Å². The molecule has 2 N–H and O–H groups in total. The third kappa shape index (κ3) is 4.32. The molecule has 3 rings (SSSR count).